The summed E-state index contributed by atoms with van der Waals surface area (Å²) in [4.78, 5) is 37.4. The first-order chi connectivity index (χ1) is 15.1. The van der Waals surface area contributed by atoms with Crippen molar-refractivity contribution in [2.45, 2.75) is 51.2 Å². The molecule has 4 atom stereocenters. The first-order valence-electron chi connectivity index (χ1n) is 11.5. The minimum absolute atomic E-state index is 0.0561. The highest BCUT2D eigenvalue weighted by atomic mass is 16.2. The van der Waals surface area contributed by atoms with Crippen LogP contribution < -0.4 is 5.32 Å². The smallest absolute Gasteiger partial charge is 0.269 e. The molecule has 2 bridgehead atoms. The van der Waals surface area contributed by atoms with E-state index in [0.717, 1.165) is 44.7 Å². The molecule has 3 saturated heterocycles. The van der Waals surface area contributed by atoms with Gasteiger partial charge in [0, 0.05) is 38.6 Å². The molecular weight excluding hydrogens is 390 g/mol. The van der Waals surface area contributed by atoms with Gasteiger partial charge >= 0.3 is 0 Å². The second-order valence-electron chi connectivity index (χ2n) is 9.36. The number of nitrogens with one attached hydrogen (secondary N) is 2. The summed E-state index contributed by atoms with van der Waals surface area (Å²) in [5.74, 6) is 1.74. The lowest BCUT2D eigenvalue weighted by Gasteiger charge is -2.56. The Morgan fingerprint density at radius 3 is 2.81 bits per heavy atom. The van der Waals surface area contributed by atoms with Crippen LogP contribution in [0.5, 0.6) is 0 Å². The van der Waals surface area contributed by atoms with E-state index in [9.17, 15) is 9.59 Å². The van der Waals surface area contributed by atoms with E-state index in [1.54, 1.807) is 6.20 Å². The van der Waals surface area contributed by atoms with Crippen molar-refractivity contribution in [3.8, 4) is 0 Å². The van der Waals surface area contributed by atoms with Gasteiger partial charge in [-0.2, -0.15) is 0 Å². The summed E-state index contributed by atoms with van der Waals surface area (Å²) >= 11 is 0. The van der Waals surface area contributed by atoms with Crippen LogP contribution in [0, 0.1) is 18.8 Å². The Kier molecular flexibility index (Phi) is 5.52. The van der Waals surface area contributed by atoms with Gasteiger partial charge in [0.15, 0.2) is 0 Å². The largest absolute Gasteiger partial charge is 0.349 e. The standard InChI is InChI=1S/C24H31N5O2/c1-16-25-11-20(27-16)24(31)26-12-22-19-10-18(21-8-5-9-23(30)29(21)22)14-28(15-19)13-17-6-3-2-4-7-17/h2-4,6-7,11,18-19,21-22H,5,8-10,12-15H2,1H3,(H,25,27)(H,26,31)/t18-,19+,21+,22+/m1/s1. The van der Waals surface area contributed by atoms with Crippen molar-refractivity contribution < 1.29 is 9.59 Å². The second kappa shape index (κ2) is 8.46. The molecule has 7 nitrogen and oxygen atoms in total. The zero-order chi connectivity index (χ0) is 21.4. The number of amides is 2. The highest BCUT2D eigenvalue weighted by molar-refractivity contribution is 5.92. The third-order valence-electron chi connectivity index (χ3n) is 7.24. The first-order valence-corrected chi connectivity index (χ1v) is 11.5. The van der Waals surface area contributed by atoms with Crippen molar-refractivity contribution in [2.75, 3.05) is 19.6 Å². The molecular formula is C24H31N5O2. The average Bonchev–Trinajstić information content (AvgIpc) is 3.21. The fourth-order valence-corrected chi connectivity index (χ4v) is 5.93. The zero-order valence-corrected chi connectivity index (χ0v) is 18.1. The maximum atomic E-state index is 12.9. The average molecular weight is 422 g/mol. The van der Waals surface area contributed by atoms with E-state index < -0.39 is 0 Å². The van der Waals surface area contributed by atoms with Crippen molar-refractivity contribution in [2.24, 2.45) is 11.8 Å². The summed E-state index contributed by atoms with van der Waals surface area (Å²) in [7, 11) is 0. The molecule has 0 saturated carbocycles. The molecule has 7 heteroatoms. The van der Waals surface area contributed by atoms with Crippen molar-refractivity contribution in [3.05, 3.63) is 53.6 Å². The maximum absolute atomic E-state index is 12.9. The van der Waals surface area contributed by atoms with Gasteiger partial charge in [-0.05, 0) is 43.6 Å². The number of piperidine rings is 3. The number of aromatic amines is 1. The van der Waals surface area contributed by atoms with Crippen LogP contribution in [0.4, 0.5) is 0 Å². The van der Waals surface area contributed by atoms with Crippen LogP contribution >= 0.6 is 0 Å². The first kappa shape index (κ1) is 20.2. The highest BCUT2D eigenvalue weighted by Gasteiger charge is 2.49. The van der Waals surface area contributed by atoms with Crippen LogP contribution in [-0.2, 0) is 11.3 Å². The van der Waals surface area contributed by atoms with Gasteiger partial charge in [-0.25, -0.2) is 4.98 Å². The molecule has 31 heavy (non-hydrogen) atoms. The lowest BCUT2D eigenvalue weighted by molar-refractivity contribution is -0.152. The lowest BCUT2D eigenvalue weighted by atomic mass is 9.72. The van der Waals surface area contributed by atoms with Crippen LogP contribution in [0.15, 0.2) is 36.5 Å². The van der Waals surface area contributed by atoms with Crippen molar-refractivity contribution in [3.63, 3.8) is 0 Å². The topological polar surface area (TPSA) is 81.3 Å². The Balaban J connectivity index is 1.33. The van der Waals surface area contributed by atoms with Gasteiger partial charge in [0.2, 0.25) is 5.91 Å². The Labute approximate surface area is 183 Å². The number of carbonyl (C=O) groups is 2. The van der Waals surface area contributed by atoms with Gasteiger partial charge in [0.05, 0.1) is 12.2 Å². The van der Waals surface area contributed by atoms with Crippen molar-refractivity contribution in [1.29, 1.82) is 0 Å². The summed E-state index contributed by atoms with van der Waals surface area (Å²) < 4.78 is 0. The van der Waals surface area contributed by atoms with E-state index in [1.165, 1.54) is 5.56 Å². The Morgan fingerprint density at radius 1 is 1.23 bits per heavy atom. The molecule has 1 aromatic heterocycles. The fourth-order valence-electron chi connectivity index (χ4n) is 5.93. The van der Waals surface area contributed by atoms with Crippen molar-refractivity contribution >= 4 is 11.8 Å². The third-order valence-corrected chi connectivity index (χ3v) is 7.24. The van der Waals surface area contributed by atoms with Crippen LogP contribution in [0.25, 0.3) is 0 Å². The molecule has 164 valence electrons. The van der Waals surface area contributed by atoms with E-state index in [1.807, 2.05) is 6.92 Å². The summed E-state index contributed by atoms with van der Waals surface area (Å²) in [6, 6.07) is 11.0. The number of likely N-dealkylation sites (tertiary alicyclic amines) is 1. The molecule has 3 fully saturated rings. The normalized spacial score (nSPS) is 28.3. The molecule has 1 aromatic carbocycles. The highest BCUT2D eigenvalue weighted by Crippen LogP contribution is 2.41. The Hall–Kier alpha value is -2.67. The van der Waals surface area contributed by atoms with Crippen LogP contribution in [0.1, 0.15) is 47.6 Å². The molecule has 3 aliphatic heterocycles. The summed E-state index contributed by atoms with van der Waals surface area (Å²) in [6.07, 6.45) is 5.40. The quantitative estimate of drug-likeness (QED) is 0.777. The lowest BCUT2D eigenvalue weighted by Crippen LogP contribution is -2.67. The number of nitrogens with zero attached hydrogens (tertiary/aromatic N) is 3. The van der Waals surface area contributed by atoms with E-state index in [2.05, 4.69) is 55.4 Å². The molecule has 4 heterocycles. The number of imidazole rings is 1. The van der Waals surface area contributed by atoms with E-state index in [-0.39, 0.29) is 17.9 Å². The SMILES string of the molecule is Cc1ncc(C(=O)NC[C@H]2[C@H]3C[C@H](CN(Cc4ccccc4)C3)[C@@H]3CCCC(=O)N32)[nH]1. The molecule has 3 aliphatic rings. The minimum Gasteiger partial charge on any atom is -0.349 e. The van der Waals surface area contributed by atoms with Gasteiger partial charge in [-0.15, -0.1) is 0 Å². The molecule has 0 aliphatic carbocycles. The molecule has 0 unspecified atom stereocenters. The van der Waals surface area contributed by atoms with E-state index in [0.29, 0.717) is 36.5 Å². The fraction of sp³-hybridized carbons (Fsp3) is 0.542. The van der Waals surface area contributed by atoms with Gasteiger partial charge in [-0.1, -0.05) is 30.3 Å². The van der Waals surface area contributed by atoms with E-state index >= 15 is 0 Å². The number of fused-ring (bicyclic) bond motifs is 4. The maximum Gasteiger partial charge on any atom is 0.269 e. The van der Waals surface area contributed by atoms with Gasteiger partial charge < -0.3 is 15.2 Å². The predicted octanol–water partition coefficient (Wildman–Crippen LogP) is 2.35. The summed E-state index contributed by atoms with van der Waals surface area (Å²) in [5, 5.41) is 3.08. The summed E-state index contributed by atoms with van der Waals surface area (Å²) in [6.45, 7) is 5.28. The molecule has 2 amide bonds. The number of H-pyrrole nitrogens is 1. The predicted molar refractivity (Wildman–Crippen MR) is 117 cm³/mol. The number of carbonyl (C=O) groups excluding carboxylic acids is 2. The second-order valence-corrected chi connectivity index (χ2v) is 9.36. The van der Waals surface area contributed by atoms with Crippen molar-refractivity contribution in [1.82, 2.24) is 25.1 Å². The molecule has 0 spiro atoms. The third kappa shape index (κ3) is 4.11. The van der Waals surface area contributed by atoms with Gasteiger partial charge in [0.1, 0.15) is 11.5 Å². The van der Waals surface area contributed by atoms with E-state index in [4.69, 9.17) is 0 Å². The molecule has 2 aromatic rings. The van der Waals surface area contributed by atoms with Crippen LogP contribution in [0.2, 0.25) is 0 Å². The Bertz CT molecular complexity index is 942. The molecule has 2 N–H and O–H groups in total. The number of aryl methyl sites for hydroxylation is 1. The van der Waals surface area contributed by atoms with Gasteiger partial charge in [-0.3, -0.25) is 14.5 Å². The number of aromatic nitrogens is 2. The number of hydrogen-bond acceptors (Lipinski definition) is 4. The summed E-state index contributed by atoms with van der Waals surface area (Å²) in [5.41, 5.74) is 1.81. The Morgan fingerprint density at radius 2 is 2.03 bits per heavy atom. The zero-order valence-electron chi connectivity index (χ0n) is 18.1. The minimum atomic E-state index is -0.152. The molecule has 0 radical (unpaired) electrons. The van der Waals surface area contributed by atoms with Crippen LogP contribution in [0.3, 0.4) is 0 Å². The molecule has 5 rings (SSSR count). The van der Waals surface area contributed by atoms with Crippen LogP contribution in [-0.4, -0.2) is 63.3 Å². The number of hydrogen-bond donors (Lipinski definition) is 2. The van der Waals surface area contributed by atoms with Gasteiger partial charge in [0.25, 0.3) is 5.91 Å². The number of rotatable bonds is 5. The number of benzene rings is 1. The monoisotopic (exact) mass is 421 g/mol.